The molecule has 0 aliphatic heterocycles. The van der Waals surface area contributed by atoms with Gasteiger partial charge in [-0.2, -0.15) is 5.10 Å². The molecule has 0 atom stereocenters. The summed E-state index contributed by atoms with van der Waals surface area (Å²) in [5.74, 6) is 0. The molecule has 0 spiro atoms. The van der Waals surface area contributed by atoms with E-state index in [4.69, 9.17) is 11.6 Å². The Morgan fingerprint density at radius 2 is 2.16 bits per heavy atom. The zero-order valence-electron chi connectivity index (χ0n) is 11.6. The third-order valence-electron chi connectivity index (χ3n) is 3.26. The molecule has 5 heteroatoms. The van der Waals surface area contributed by atoms with Crippen molar-refractivity contribution < 1.29 is 0 Å². The van der Waals surface area contributed by atoms with Gasteiger partial charge in [0.2, 0.25) is 0 Å². The molecule has 0 aromatic carbocycles. The molecule has 4 nitrogen and oxygen atoms in total. The first-order chi connectivity index (χ1) is 9.13. The van der Waals surface area contributed by atoms with Gasteiger partial charge < -0.3 is 5.32 Å². The summed E-state index contributed by atoms with van der Waals surface area (Å²) < 4.78 is 1.85. The second-order valence-electron chi connectivity index (χ2n) is 4.59. The summed E-state index contributed by atoms with van der Waals surface area (Å²) in [6.07, 6.45) is 4.56. The van der Waals surface area contributed by atoms with Gasteiger partial charge in [0.1, 0.15) is 0 Å². The molecule has 0 radical (unpaired) electrons. The summed E-state index contributed by atoms with van der Waals surface area (Å²) >= 11 is 6.31. The molecule has 0 unspecified atom stereocenters. The molecule has 0 fully saturated rings. The monoisotopic (exact) mass is 278 g/mol. The van der Waals surface area contributed by atoms with Crippen LogP contribution in [0.4, 0.5) is 0 Å². The van der Waals surface area contributed by atoms with Crippen LogP contribution in [0.2, 0.25) is 5.02 Å². The third kappa shape index (κ3) is 3.14. The van der Waals surface area contributed by atoms with Crippen molar-refractivity contribution in [3.8, 4) is 0 Å². The van der Waals surface area contributed by atoms with Crippen molar-refractivity contribution in [2.75, 3.05) is 0 Å². The maximum atomic E-state index is 6.31. The lowest BCUT2D eigenvalue weighted by atomic mass is 10.1. The molecule has 0 aliphatic carbocycles. The molecule has 2 heterocycles. The fourth-order valence-electron chi connectivity index (χ4n) is 2.01. The van der Waals surface area contributed by atoms with E-state index < -0.39 is 0 Å². The quantitative estimate of drug-likeness (QED) is 0.914. The highest BCUT2D eigenvalue weighted by molar-refractivity contribution is 6.31. The van der Waals surface area contributed by atoms with Crippen LogP contribution in [-0.4, -0.2) is 14.8 Å². The van der Waals surface area contributed by atoms with Gasteiger partial charge in [-0.15, -0.1) is 0 Å². The van der Waals surface area contributed by atoms with Gasteiger partial charge in [-0.05, 0) is 30.5 Å². The third-order valence-corrected chi connectivity index (χ3v) is 3.69. The Hall–Kier alpha value is -1.39. The summed E-state index contributed by atoms with van der Waals surface area (Å²) in [4.78, 5) is 4.14. The van der Waals surface area contributed by atoms with Crippen LogP contribution >= 0.6 is 11.6 Å². The van der Waals surface area contributed by atoms with Gasteiger partial charge in [-0.1, -0.05) is 18.5 Å². The predicted octanol–water partition coefficient (Wildman–Crippen LogP) is 2.63. The number of pyridine rings is 1. The molecule has 2 aromatic rings. The number of aryl methyl sites for hydroxylation is 3. The normalized spacial score (nSPS) is 10.9. The Labute approximate surface area is 118 Å². The number of nitrogens with one attached hydrogen (secondary N) is 1. The maximum Gasteiger partial charge on any atom is 0.0863 e. The van der Waals surface area contributed by atoms with E-state index in [0.717, 1.165) is 29.4 Å². The summed E-state index contributed by atoms with van der Waals surface area (Å²) in [5.41, 5.74) is 4.43. The zero-order valence-corrected chi connectivity index (χ0v) is 12.3. The van der Waals surface area contributed by atoms with Crippen LogP contribution in [0.3, 0.4) is 0 Å². The molecule has 0 saturated carbocycles. The van der Waals surface area contributed by atoms with Crippen LogP contribution in [-0.2, 0) is 26.6 Å². The van der Waals surface area contributed by atoms with Gasteiger partial charge in [0.15, 0.2) is 0 Å². The fraction of sp³-hybridized carbons (Fsp3) is 0.429. The van der Waals surface area contributed by atoms with E-state index in [2.05, 4.69) is 29.2 Å². The van der Waals surface area contributed by atoms with E-state index in [1.165, 1.54) is 11.1 Å². The number of halogens is 1. The number of nitrogens with zero attached hydrogens (tertiary/aromatic N) is 3. The molecule has 0 saturated heterocycles. The Balaban J connectivity index is 2.00. The minimum atomic E-state index is 0.705. The van der Waals surface area contributed by atoms with Gasteiger partial charge in [0, 0.05) is 32.5 Å². The highest BCUT2D eigenvalue weighted by atomic mass is 35.5. The van der Waals surface area contributed by atoms with Crippen molar-refractivity contribution >= 4 is 11.6 Å². The number of rotatable bonds is 5. The van der Waals surface area contributed by atoms with Crippen molar-refractivity contribution in [2.45, 2.75) is 33.4 Å². The highest BCUT2D eigenvalue weighted by Crippen LogP contribution is 2.20. The molecular weight excluding hydrogens is 260 g/mol. The van der Waals surface area contributed by atoms with Crippen molar-refractivity contribution in [3.63, 3.8) is 0 Å². The van der Waals surface area contributed by atoms with Crippen molar-refractivity contribution in [3.05, 3.63) is 46.0 Å². The Morgan fingerprint density at radius 1 is 1.37 bits per heavy atom. The van der Waals surface area contributed by atoms with Gasteiger partial charge >= 0.3 is 0 Å². The fourth-order valence-corrected chi connectivity index (χ4v) is 2.37. The van der Waals surface area contributed by atoms with Crippen LogP contribution < -0.4 is 5.32 Å². The summed E-state index contributed by atoms with van der Waals surface area (Å²) in [5, 5.41) is 8.58. The van der Waals surface area contributed by atoms with Crippen molar-refractivity contribution in [1.82, 2.24) is 20.1 Å². The second-order valence-corrected chi connectivity index (χ2v) is 4.97. The van der Waals surface area contributed by atoms with Crippen LogP contribution in [0.15, 0.2) is 18.5 Å². The van der Waals surface area contributed by atoms with E-state index in [0.29, 0.717) is 6.54 Å². The van der Waals surface area contributed by atoms with Gasteiger partial charge in [-0.3, -0.25) is 9.67 Å². The van der Waals surface area contributed by atoms with E-state index in [1.54, 1.807) is 0 Å². The maximum absolute atomic E-state index is 6.31. The largest absolute Gasteiger partial charge is 0.307 e. The number of hydrogen-bond donors (Lipinski definition) is 1. The minimum absolute atomic E-state index is 0.705. The smallest absolute Gasteiger partial charge is 0.0863 e. The number of hydrogen-bond acceptors (Lipinski definition) is 3. The highest BCUT2D eigenvalue weighted by Gasteiger charge is 2.12. The Morgan fingerprint density at radius 3 is 2.79 bits per heavy atom. The van der Waals surface area contributed by atoms with Gasteiger partial charge in [0.05, 0.1) is 16.4 Å². The molecule has 19 heavy (non-hydrogen) atoms. The molecule has 2 aromatic heterocycles. The molecule has 0 bridgehead atoms. The van der Waals surface area contributed by atoms with Gasteiger partial charge in [0.25, 0.3) is 0 Å². The summed E-state index contributed by atoms with van der Waals surface area (Å²) in [6.45, 7) is 5.63. The van der Waals surface area contributed by atoms with E-state index in [1.807, 2.05) is 30.2 Å². The van der Waals surface area contributed by atoms with Crippen LogP contribution in [0.25, 0.3) is 0 Å². The zero-order chi connectivity index (χ0) is 13.8. The SMILES string of the molecule is CCc1nn(C)c(CNCc2cnccc2C)c1Cl. The standard InChI is InChI=1S/C14H19ClN4/c1-4-12-14(15)13(19(3)18-12)9-17-8-11-7-16-6-5-10(11)2/h5-7,17H,4,8-9H2,1-3H3. The molecule has 1 N–H and O–H groups in total. The lowest BCUT2D eigenvalue weighted by Gasteiger charge is -2.07. The predicted molar refractivity (Wildman–Crippen MR) is 77.1 cm³/mol. The minimum Gasteiger partial charge on any atom is -0.307 e. The Kier molecular flexibility index (Phi) is 4.56. The first-order valence-corrected chi connectivity index (χ1v) is 6.81. The lowest BCUT2D eigenvalue weighted by molar-refractivity contribution is 0.621. The first-order valence-electron chi connectivity index (χ1n) is 6.44. The van der Waals surface area contributed by atoms with Crippen molar-refractivity contribution in [1.29, 1.82) is 0 Å². The molecule has 0 amide bonds. The van der Waals surface area contributed by atoms with Crippen LogP contribution in [0, 0.1) is 6.92 Å². The van der Waals surface area contributed by atoms with E-state index in [-0.39, 0.29) is 0 Å². The Bertz CT molecular complexity index is 563. The van der Waals surface area contributed by atoms with Gasteiger partial charge in [-0.25, -0.2) is 0 Å². The molecule has 0 aliphatic rings. The molecule has 2 rings (SSSR count). The van der Waals surface area contributed by atoms with E-state index in [9.17, 15) is 0 Å². The molecule has 102 valence electrons. The second kappa shape index (κ2) is 6.17. The lowest BCUT2D eigenvalue weighted by Crippen LogP contribution is -2.16. The summed E-state index contributed by atoms with van der Waals surface area (Å²) in [6, 6.07) is 2.02. The topological polar surface area (TPSA) is 42.7 Å². The van der Waals surface area contributed by atoms with E-state index >= 15 is 0 Å². The average molecular weight is 279 g/mol. The molecular formula is C14H19ClN4. The first kappa shape index (κ1) is 14.0. The average Bonchev–Trinajstić information content (AvgIpc) is 2.68. The van der Waals surface area contributed by atoms with Crippen molar-refractivity contribution in [2.24, 2.45) is 7.05 Å². The van der Waals surface area contributed by atoms with Crippen LogP contribution in [0.1, 0.15) is 29.4 Å². The van der Waals surface area contributed by atoms with Crippen LogP contribution in [0.5, 0.6) is 0 Å². The summed E-state index contributed by atoms with van der Waals surface area (Å²) in [7, 11) is 1.93. The number of aromatic nitrogens is 3.